The summed E-state index contributed by atoms with van der Waals surface area (Å²) in [6.07, 6.45) is 3.10. The second kappa shape index (κ2) is 7.13. The van der Waals surface area contributed by atoms with Gasteiger partial charge in [0.25, 0.3) is 0 Å². The van der Waals surface area contributed by atoms with Crippen LogP contribution in [0.25, 0.3) is 10.9 Å². The van der Waals surface area contributed by atoms with Crippen molar-refractivity contribution in [3.8, 4) is 0 Å². The van der Waals surface area contributed by atoms with E-state index in [1.54, 1.807) is 4.68 Å². The first-order chi connectivity index (χ1) is 11.1. The predicted octanol–water partition coefficient (Wildman–Crippen LogP) is 2.13. The number of hydrogen-bond donors (Lipinski definition) is 1. The van der Waals surface area contributed by atoms with Crippen LogP contribution in [0.5, 0.6) is 0 Å². The van der Waals surface area contributed by atoms with Crippen LogP contribution in [0.4, 0.5) is 0 Å². The van der Waals surface area contributed by atoms with Crippen LogP contribution in [0, 0.1) is 11.8 Å². The van der Waals surface area contributed by atoms with Gasteiger partial charge in [0.15, 0.2) is 0 Å². The second-order valence-electron chi connectivity index (χ2n) is 7.00. The van der Waals surface area contributed by atoms with E-state index in [0.717, 1.165) is 37.1 Å². The molecule has 5 nitrogen and oxygen atoms in total. The fraction of sp³-hybridized carbons (Fsp3) is 0.556. The number of hydrogen-bond acceptors (Lipinski definition) is 3. The lowest BCUT2D eigenvalue weighted by Crippen LogP contribution is -2.33. The van der Waals surface area contributed by atoms with Crippen LogP contribution >= 0.6 is 0 Å². The Balaban J connectivity index is 1.45. The predicted molar refractivity (Wildman–Crippen MR) is 92.1 cm³/mol. The lowest BCUT2D eigenvalue weighted by Gasteiger charge is -2.18. The van der Waals surface area contributed by atoms with Gasteiger partial charge >= 0.3 is 0 Å². The van der Waals surface area contributed by atoms with Gasteiger partial charge in [0.05, 0.1) is 5.52 Å². The molecule has 1 fully saturated rings. The zero-order chi connectivity index (χ0) is 16.2. The number of nitrogens with zero attached hydrogens (tertiary/aromatic N) is 3. The molecule has 0 radical (unpaired) electrons. The molecule has 23 heavy (non-hydrogen) atoms. The number of fused-ring (bicyclic) bond motifs is 1. The quantitative estimate of drug-likeness (QED) is 0.888. The molecular weight excluding hydrogens is 288 g/mol. The largest absolute Gasteiger partial charge is 0.354 e. The molecular formula is C18H26N4O. The number of benzene rings is 1. The van der Waals surface area contributed by atoms with E-state index < -0.39 is 0 Å². The summed E-state index contributed by atoms with van der Waals surface area (Å²) in [6.45, 7) is 8.98. The maximum absolute atomic E-state index is 12.1. The van der Waals surface area contributed by atoms with Gasteiger partial charge in [-0.05, 0) is 30.9 Å². The minimum Gasteiger partial charge on any atom is -0.354 e. The topological polar surface area (TPSA) is 50.2 Å². The molecule has 2 heterocycles. The summed E-state index contributed by atoms with van der Waals surface area (Å²) in [5, 5.41) is 8.56. The Kier molecular flexibility index (Phi) is 4.96. The Labute approximate surface area is 137 Å². The molecule has 2 aromatic rings. The van der Waals surface area contributed by atoms with Crippen molar-refractivity contribution in [3.05, 3.63) is 30.5 Å². The van der Waals surface area contributed by atoms with E-state index in [1.165, 1.54) is 6.42 Å². The number of nitrogens with one attached hydrogen (secondary N) is 1. The smallest absolute Gasteiger partial charge is 0.241 e. The molecule has 1 N–H and O–H groups in total. The number of likely N-dealkylation sites (tertiary alicyclic amines) is 1. The third-order valence-corrected chi connectivity index (χ3v) is 4.35. The Bertz CT molecular complexity index is 631. The van der Waals surface area contributed by atoms with Crippen molar-refractivity contribution in [1.29, 1.82) is 0 Å². The molecule has 0 saturated carbocycles. The molecule has 1 atom stereocenters. The Morgan fingerprint density at radius 2 is 2.22 bits per heavy atom. The standard InChI is InChI=1S/C18H26N4O/c1-14(2)10-21-8-7-15(11-21)9-19-18(23)13-22-12-16-5-3-4-6-17(16)20-22/h3-6,12,14-15H,7-11,13H2,1-2H3,(H,19,23)/t15-/m1/s1. The molecule has 0 unspecified atom stereocenters. The third kappa shape index (κ3) is 4.32. The molecule has 0 bridgehead atoms. The van der Waals surface area contributed by atoms with E-state index in [0.29, 0.717) is 11.8 Å². The SMILES string of the molecule is CC(C)CN1CC[C@H](CNC(=O)Cn2cc3ccccc3n2)C1. The summed E-state index contributed by atoms with van der Waals surface area (Å²) in [5.41, 5.74) is 0.931. The molecule has 0 spiro atoms. The number of aromatic nitrogens is 2. The van der Waals surface area contributed by atoms with Gasteiger partial charge in [-0.15, -0.1) is 0 Å². The average Bonchev–Trinajstić information content (AvgIpc) is 3.10. The van der Waals surface area contributed by atoms with Gasteiger partial charge in [-0.1, -0.05) is 32.0 Å². The molecule has 1 aliphatic heterocycles. The third-order valence-electron chi connectivity index (χ3n) is 4.35. The minimum absolute atomic E-state index is 0.0418. The molecule has 124 valence electrons. The first kappa shape index (κ1) is 16.0. The number of amides is 1. The average molecular weight is 314 g/mol. The van der Waals surface area contributed by atoms with Crippen molar-refractivity contribution in [2.24, 2.45) is 11.8 Å². The number of carbonyl (C=O) groups excluding carboxylic acids is 1. The van der Waals surface area contributed by atoms with Gasteiger partial charge in [0, 0.05) is 31.2 Å². The molecule has 1 amide bonds. The van der Waals surface area contributed by atoms with Crippen LogP contribution < -0.4 is 5.32 Å². The molecule has 3 rings (SSSR count). The molecule has 5 heteroatoms. The second-order valence-corrected chi connectivity index (χ2v) is 7.00. The van der Waals surface area contributed by atoms with Gasteiger partial charge in [-0.3, -0.25) is 9.48 Å². The zero-order valence-corrected chi connectivity index (χ0v) is 14.0. The van der Waals surface area contributed by atoms with Crippen molar-refractivity contribution < 1.29 is 4.79 Å². The number of rotatable bonds is 6. The lowest BCUT2D eigenvalue weighted by molar-refractivity contribution is -0.122. The monoisotopic (exact) mass is 314 g/mol. The highest BCUT2D eigenvalue weighted by Crippen LogP contribution is 2.16. The van der Waals surface area contributed by atoms with E-state index in [1.807, 2.05) is 30.5 Å². The Morgan fingerprint density at radius 3 is 3.00 bits per heavy atom. The van der Waals surface area contributed by atoms with E-state index >= 15 is 0 Å². The first-order valence-electron chi connectivity index (χ1n) is 8.51. The molecule has 1 aromatic heterocycles. The van der Waals surface area contributed by atoms with Crippen LogP contribution in [-0.4, -0.2) is 46.8 Å². The van der Waals surface area contributed by atoms with Crippen LogP contribution in [0.1, 0.15) is 20.3 Å². The highest BCUT2D eigenvalue weighted by Gasteiger charge is 2.23. The van der Waals surface area contributed by atoms with Gasteiger partial charge in [-0.2, -0.15) is 5.10 Å². The molecule has 1 aliphatic rings. The van der Waals surface area contributed by atoms with Crippen LogP contribution in [0.3, 0.4) is 0 Å². The maximum atomic E-state index is 12.1. The van der Waals surface area contributed by atoms with E-state index in [2.05, 4.69) is 29.2 Å². The van der Waals surface area contributed by atoms with Crippen LogP contribution in [-0.2, 0) is 11.3 Å². The number of carbonyl (C=O) groups is 1. The van der Waals surface area contributed by atoms with E-state index in [-0.39, 0.29) is 12.5 Å². The summed E-state index contributed by atoms with van der Waals surface area (Å²) in [7, 11) is 0. The Morgan fingerprint density at radius 1 is 1.39 bits per heavy atom. The summed E-state index contributed by atoms with van der Waals surface area (Å²) >= 11 is 0. The summed E-state index contributed by atoms with van der Waals surface area (Å²) in [6, 6.07) is 7.92. The first-order valence-corrected chi connectivity index (χ1v) is 8.51. The van der Waals surface area contributed by atoms with Gasteiger partial charge < -0.3 is 10.2 Å². The minimum atomic E-state index is 0.0418. The van der Waals surface area contributed by atoms with E-state index in [9.17, 15) is 4.79 Å². The molecule has 1 aromatic carbocycles. The highest BCUT2D eigenvalue weighted by molar-refractivity contribution is 5.79. The van der Waals surface area contributed by atoms with Gasteiger partial charge in [0.1, 0.15) is 6.54 Å². The fourth-order valence-electron chi connectivity index (χ4n) is 3.32. The van der Waals surface area contributed by atoms with Gasteiger partial charge in [-0.25, -0.2) is 0 Å². The van der Waals surface area contributed by atoms with Crippen molar-refractivity contribution >= 4 is 16.8 Å². The maximum Gasteiger partial charge on any atom is 0.241 e. The normalized spacial score (nSPS) is 18.8. The zero-order valence-electron chi connectivity index (χ0n) is 14.0. The van der Waals surface area contributed by atoms with Gasteiger partial charge in [0.2, 0.25) is 5.91 Å². The highest BCUT2D eigenvalue weighted by atomic mass is 16.2. The molecule has 1 saturated heterocycles. The van der Waals surface area contributed by atoms with Crippen molar-refractivity contribution in [3.63, 3.8) is 0 Å². The van der Waals surface area contributed by atoms with Crippen molar-refractivity contribution in [1.82, 2.24) is 20.0 Å². The van der Waals surface area contributed by atoms with Crippen molar-refractivity contribution in [2.45, 2.75) is 26.8 Å². The molecule has 0 aliphatic carbocycles. The summed E-state index contributed by atoms with van der Waals surface area (Å²) in [5.74, 6) is 1.33. The fourth-order valence-corrected chi connectivity index (χ4v) is 3.32. The Hall–Kier alpha value is -1.88. The van der Waals surface area contributed by atoms with Crippen LogP contribution in [0.2, 0.25) is 0 Å². The lowest BCUT2D eigenvalue weighted by atomic mass is 10.1. The summed E-state index contributed by atoms with van der Waals surface area (Å²) in [4.78, 5) is 14.6. The summed E-state index contributed by atoms with van der Waals surface area (Å²) < 4.78 is 1.72. The van der Waals surface area contributed by atoms with E-state index in [4.69, 9.17) is 0 Å². The van der Waals surface area contributed by atoms with Crippen LogP contribution in [0.15, 0.2) is 30.5 Å². The van der Waals surface area contributed by atoms with Crippen molar-refractivity contribution in [2.75, 3.05) is 26.2 Å².